The van der Waals surface area contributed by atoms with E-state index in [1.54, 1.807) is 11.8 Å². The molecule has 0 bridgehead atoms. The van der Waals surface area contributed by atoms with Crippen LogP contribution in [0.25, 0.3) is 0 Å². The number of rotatable bonds is 2. The van der Waals surface area contributed by atoms with E-state index < -0.39 is 0 Å². The Morgan fingerprint density at radius 2 is 2.05 bits per heavy atom. The normalized spacial score (nSPS) is 20.4. The number of nitriles is 1. The largest absolute Gasteiger partial charge is 0.378 e. The summed E-state index contributed by atoms with van der Waals surface area (Å²) < 4.78 is 5.67. The van der Waals surface area contributed by atoms with Gasteiger partial charge in [0.05, 0.1) is 18.8 Å². The number of ether oxygens (including phenoxy) is 1. The van der Waals surface area contributed by atoms with Crippen molar-refractivity contribution in [3.8, 4) is 6.07 Å². The van der Waals surface area contributed by atoms with Crippen molar-refractivity contribution in [2.45, 2.75) is 35.8 Å². The fourth-order valence-corrected chi connectivity index (χ4v) is 4.67. The standard InChI is InChI=1S/C16H21N3OS2/c1-16(2)8-11-13(10-22-16)12(9-17)15(21-3)18-14(11)19-4-6-20-7-5-19/h4-8,10H2,1-3H3. The highest BCUT2D eigenvalue weighted by atomic mass is 32.2. The maximum atomic E-state index is 9.59. The first-order valence-electron chi connectivity index (χ1n) is 7.52. The van der Waals surface area contributed by atoms with Gasteiger partial charge >= 0.3 is 0 Å². The summed E-state index contributed by atoms with van der Waals surface area (Å²) in [5, 5.41) is 10.5. The molecule has 0 aliphatic carbocycles. The van der Waals surface area contributed by atoms with Crippen LogP contribution in [0.1, 0.15) is 30.5 Å². The maximum absolute atomic E-state index is 9.59. The molecular weight excluding hydrogens is 314 g/mol. The summed E-state index contributed by atoms with van der Waals surface area (Å²) in [5.74, 6) is 1.98. The number of pyridine rings is 1. The minimum atomic E-state index is 0.198. The number of anilines is 1. The van der Waals surface area contributed by atoms with E-state index in [4.69, 9.17) is 9.72 Å². The van der Waals surface area contributed by atoms with E-state index in [0.29, 0.717) is 0 Å². The first-order chi connectivity index (χ1) is 10.6. The molecule has 0 radical (unpaired) electrons. The number of morpholine rings is 1. The minimum Gasteiger partial charge on any atom is -0.378 e. The third kappa shape index (κ3) is 2.94. The van der Waals surface area contributed by atoms with Gasteiger partial charge in [-0.05, 0) is 18.2 Å². The molecule has 3 rings (SSSR count). The van der Waals surface area contributed by atoms with Gasteiger partial charge in [-0.25, -0.2) is 4.98 Å². The predicted octanol–water partition coefficient (Wildman–Crippen LogP) is 3.08. The van der Waals surface area contributed by atoms with Crippen molar-refractivity contribution in [3.63, 3.8) is 0 Å². The molecule has 1 saturated heterocycles. The van der Waals surface area contributed by atoms with Crippen LogP contribution in [0.3, 0.4) is 0 Å². The Bertz CT molecular complexity index is 619. The fraction of sp³-hybridized carbons (Fsp3) is 0.625. The third-order valence-electron chi connectivity index (χ3n) is 4.18. The van der Waals surface area contributed by atoms with E-state index >= 15 is 0 Å². The van der Waals surface area contributed by atoms with Crippen molar-refractivity contribution in [1.29, 1.82) is 5.26 Å². The van der Waals surface area contributed by atoms with E-state index in [9.17, 15) is 5.26 Å². The predicted molar refractivity (Wildman–Crippen MR) is 92.8 cm³/mol. The van der Waals surface area contributed by atoms with Gasteiger partial charge < -0.3 is 9.64 Å². The Kier molecular flexibility index (Phi) is 4.58. The van der Waals surface area contributed by atoms with Gasteiger partial charge in [0, 0.05) is 29.2 Å². The molecule has 1 fully saturated rings. The topological polar surface area (TPSA) is 49.2 Å². The summed E-state index contributed by atoms with van der Waals surface area (Å²) >= 11 is 3.51. The van der Waals surface area contributed by atoms with Gasteiger partial charge in [0.2, 0.25) is 0 Å². The smallest absolute Gasteiger partial charge is 0.133 e. The molecule has 118 valence electrons. The van der Waals surface area contributed by atoms with Crippen LogP contribution in [-0.4, -0.2) is 42.3 Å². The molecule has 6 heteroatoms. The minimum absolute atomic E-state index is 0.198. The molecule has 0 amide bonds. The summed E-state index contributed by atoms with van der Waals surface area (Å²) in [5.41, 5.74) is 3.26. The Labute approximate surface area is 140 Å². The quantitative estimate of drug-likeness (QED) is 0.774. The Morgan fingerprint density at radius 1 is 1.32 bits per heavy atom. The lowest BCUT2D eigenvalue weighted by Gasteiger charge is -2.36. The third-order valence-corrected chi connectivity index (χ3v) is 6.22. The molecule has 1 aromatic rings. The highest BCUT2D eigenvalue weighted by molar-refractivity contribution is 8.00. The van der Waals surface area contributed by atoms with Crippen LogP contribution in [-0.2, 0) is 16.9 Å². The van der Waals surface area contributed by atoms with Crippen LogP contribution in [0.2, 0.25) is 0 Å². The Morgan fingerprint density at radius 3 is 2.68 bits per heavy atom. The number of fused-ring (bicyclic) bond motifs is 1. The average Bonchev–Trinajstić information content (AvgIpc) is 2.53. The molecule has 0 unspecified atom stereocenters. The number of nitrogens with zero attached hydrogens (tertiary/aromatic N) is 3. The second kappa shape index (κ2) is 6.31. The van der Waals surface area contributed by atoms with Crippen molar-refractivity contribution in [1.82, 2.24) is 4.98 Å². The summed E-state index contributed by atoms with van der Waals surface area (Å²) in [4.78, 5) is 7.19. The number of thioether (sulfide) groups is 2. The lowest BCUT2D eigenvalue weighted by molar-refractivity contribution is 0.122. The summed E-state index contributed by atoms with van der Waals surface area (Å²) in [6.45, 7) is 7.82. The molecule has 0 spiro atoms. The van der Waals surface area contributed by atoms with Gasteiger partial charge in [0.25, 0.3) is 0 Å². The van der Waals surface area contributed by atoms with Crippen molar-refractivity contribution < 1.29 is 4.74 Å². The second-order valence-corrected chi connectivity index (χ2v) is 8.69. The first-order valence-corrected chi connectivity index (χ1v) is 9.73. The van der Waals surface area contributed by atoms with Gasteiger partial charge in [-0.2, -0.15) is 17.0 Å². The molecule has 0 saturated carbocycles. The SMILES string of the molecule is CSc1nc(N2CCOCC2)c2c(c1C#N)CSC(C)(C)C2. The second-order valence-electron chi connectivity index (χ2n) is 6.21. The molecule has 2 aliphatic heterocycles. The monoisotopic (exact) mass is 335 g/mol. The molecule has 4 nitrogen and oxygen atoms in total. The van der Waals surface area contributed by atoms with Gasteiger partial charge in [-0.3, -0.25) is 0 Å². The van der Waals surface area contributed by atoms with Gasteiger partial charge in [-0.15, -0.1) is 11.8 Å². The summed E-state index contributed by atoms with van der Waals surface area (Å²) in [7, 11) is 0. The Balaban J connectivity index is 2.14. The van der Waals surface area contributed by atoms with Crippen LogP contribution in [0.4, 0.5) is 5.82 Å². The molecule has 0 N–H and O–H groups in total. The van der Waals surface area contributed by atoms with Gasteiger partial charge in [-0.1, -0.05) is 13.8 Å². The maximum Gasteiger partial charge on any atom is 0.133 e. The van der Waals surface area contributed by atoms with Crippen LogP contribution in [0.15, 0.2) is 5.03 Å². The Hall–Kier alpha value is -0.900. The number of hydrogen-bond acceptors (Lipinski definition) is 6. The first kappa shape index (κ1) is 16.0. The molecule has 22 heavy (non-hydrogen) atoms. The van der Waals surface area contributed by atoms with E-state index in [-0.39, 0.29) is 4.75 Å². The van der Waals surface area contributed by atoms with Crippen molar-refractivity contribution in [2.75, 3.05) is 37.5 Å². The zero-order chi connectivity index (χ0) is 15.7. The number of aromatic nitrogens is 1. The van der Waals surface area contributed by atoms with Crippen molar-refractivity contribution >= 4 is 29.3 Å². The fourth-order valence-electron chi connectivity index (χ4n) is 3.02. The molecular formula is C16H21N3OS2. The molecule has 1 aromatic heterocycles. The van der Waals surface area contributed by atoms with Crippen LogP contribution >= 0.6 is 23.5 Å². The van der Waals surface area contributed by atoms with E-state index in [0.717, 1.165) is 54.9 Å². The summed E-state index contributed by atoms with van der Waals surface area (Å²) in [6.07, 6.45) is 2.97. The zero-order valence-corrected chi connectivity index (χ0v) is 14.9. The van der Waals surface area contributed by atoms with E-state index in [2.05, 4.69) is 24.8 Å². The molecule has 2 aliphatic rings. The van der Waals surface area contributed by atoms with Crippen LogP contribution in [0.5, 0.6) is 0 Å². The molecule has 0 aromatic carbocycles. The van der Waals surface area contributed by atoms with Crippen LogP contribution in [0, 0.1) is 11.3 Å². The summed E-state index contributed by atoms with van der Waals surface area (Å²) in [6, 6.07) is 2.39. The van der Waals surface area contributed by atoms with Gasteiger partial charge in [0.15, 0.2) is 0 Å². The highest BCUT2D eigenvalue weighted by Gasteiger charge is 2.33. The molecule has 3 heterocycles. The lowest BCUT2D eigenvalue weighted by atomic mass is 9.95. The zero-order valence-electron chi connectivity index (χ0n) is 13.3. The van der Waals surface area contributed by atoms with Crippen molar-refractivity contribution in [2.24, 2.45) is 0 Å². The van der Waals surface area contributed by atoms with Crippen LogP contribution < -0.4 is 4.90 Å². The highest BCUT2D eigenvalue weighted by Crippen LogP contribution is 2.44. The van der Waals surface area contributed by atoms with Crippen molar-refractivity contribution in [3.05, 3.63) is 16.7 Å². The van der Waals surface area contributed by atoms with Gasteiger partial charge in [0.1, 0.15) is 16.9 Å². The lowest BCUT2D eigenvalue weighted by Crippen LogP contribution is -2.39. The average molecular weight is 335 g/mol. The number of hydrogen-bond donors (Lipinski definition) is 0. The van der Waals surface area contributed by atoms with E-state index in [1.165, 1.54) is 11.1 Å². The molecule has 0 atom stereocenters. The van der Waals surface area contributed by atoms with E-state index in [1.807, 2.05) is 18.0 Å².